The molecule has 0 aliphatic carbocycles. The summed E-state index contributed by atoms with van der Waals surface area (Å²) in [5.74, 6) is 0.895. The van der Waals surface area contributed by atoms with Gasteiger partial charge in [-0.1, -0.05) is 116 Å². The van der Waals surface area contributed by atoms with Gasteiger partial charge in [0.1, 0.15) is 0 Å². The Bertz CT molecular complexity index is 184. The third-order valence-corrected chi connectivity index (χ3v) is 6.51. The molecule has 124 valence electrons. The summed E-state index contributed by atoms with van der Waals surface area (Å²) in [6, 6.07) is 0. The van der Waals surface area contributed by atoms with Crippen LogP contribution in [0.15, 0.2) is 0 Å². The first-order valence-corrected chi connectivity index (χ1v) is 13.0. The molecular weight excluding hydrogens is 288 g/mol. The van der Waals surface area contributed by atoms with Gasteiger partial charge in [-0.2, -0.15) is 0 Å². The van der Waals surface area contributed by atoms with Crippen LogP contribution in [0.3, 0.4) is 0 Å². The Labute approximate surface area is 148 Å². The molecule has 0 saturated heterocycles. The van der Waals surface area contributed by atoms with Crippen molar-refractivity contribution in [3.63, 3.8) is 0 Å². The van der Waals surface area contributed by atoms with E-state index in [1.165, 1.54) is 101 Å². The lowest BCUT2D eigenvalue weighted by Crippen LogP contribution is -1.95. The molecule has 0 bridgehead atoms. The number of hydrogen-bond donors (Lipinski definition) is 0. The van der Waals surface area contributed by atoms with E-state index in [0.717, 1.165) is 5.92 Å². The van der Waals surface area contributed by atoms with Crippen molar-refractivity contribution < 1.29 is 0 Å². The van der Waals surface area contributed by atoms with Crippen LogP contribution in [-0.4, -0.2) is 19.3 Å². The molecule has 0 amide bonds. The summed E-state index contributed by atoms with van der Waals surface area (Å²) in [4.78, 5) is 0. The molecule has 0 aromatic heterocycles. The predicted molar refractivity (Wildman–Crippen MR) is 101 cm³/mol. The number of unbranched alkanes of at least 4 members (excludes halogenated alkanes) is 13. The Morgan fingerprint density at radius 3 is 1.43 bits per heavy atom. The van der Waals surface area contributed by atoms with Crippen molar-refractivity contribution in [3.8, 4) is 0 Å². The van der Waals surface area contributed by atoms with Crippen LogP contribution in [0.5, 0.6) is 0 Å². The fraction of sp³-hybridized carbons (Fsp3) is 1.00. The van der Waals surface area contributed by atoms with Crippen molar-refractivity contribution in [2.24, 2.45) is 5.92 Å². The Kier molecular flexibility index (Phi) is 20.1. The van der Waals surface area contributed by atoms with Gasteiger partial charge in [0.05, 0.1) is 0 Å². The van der Waals surface area contributed by atoms with Crippen LogP contribution in [0.4, 0.5) is 0 Å². The Hall–Kier alpha value is 1.06. The van der Waals surface area contributed by atoms with Gasteiger partial charge in [-0.05, 0) is 0 Å². The Morgan fingerprint density at radius 2 is 1.05 bits per heavy atom. The van der Waals surface area contributed by atoms with Crippen molar-refractivity contribution in [1.29, 1.82) is 0 Å². The summed E-state index contributed by atoms with van der Waals surface area (Å²) in [6.07, 6.45) is 21.8. The summed E-state index contributed by atoms with van der Waals surface area (Å²) in [7, 11) is 5.90. The van der Waals surface area contributed by atoms with Crippen molar-refractivity contribution in [1.82, 2.24) is 0 Å². The van der Waals surface area contributed by atoms with Crippen molar-refractivity contribution in [2.45, 2.75) is 115 Å². The fourth-order valence-corrected chi connectivity index (χ4v) is 4.80. The van der Waals surface area contributed by atoms with Crippen LogP contribution in [0.1, 0.15) is 110 Å². The molecule has 0 spiro atoms. The first kappa shape index (κ1) is 22.1. The molecular formula is C19H39ClMg. The molecule has 1 atom stereocenters. The maximum atomic E-state index is 5.90. The summed E-state index contributed by atoms with van der Waals surface area (Å²) in [5.41, 5.74) is 0. The average Bonchev–Trinajstić information content (AvgIpc) is 2.48. The van der Waals surface area contributed by atoms with Gasteiger partial charge in [0.15, 0.2) is 0 Å². The Balaban J connectivity index is 2.99. The average molecular weight is 327 g/mol. The number of halogens is 1. The molecule has 0 saturated carbocycles. The predicted octanol–water partition coefficient (Wildman–Crippen LogP) is 7.77. The number of rotatable bonds is 17. The molecule has 0 aliphatic heterocycles. The van der Waals surface area contributed by atoms with E-state index in [9.17, 15) is 0 Å². The fourth-order valence-electron chi connectivity index (χ4n) is 3.02. The minimum Gasteiger partial charge on any atom is -0.346 e. The van der Waals surface area contributed by atoms with Gasteiger partial charge in [0, 0.05) is 0 Å². The smallest absolute Gasteiger partial charge is 0.346 e. The highest BCUT2D eigenvalue weighted by atomic mass is 35.5. The van der Waals surface area contributed by atoms with E-state index in [0.29, 0.717) is 0 Å². The van der Waals surface area contributed by atoms with E-state index in [-0.39, 0.29) is 19.3 Å². The lowest BCUT2D eigenvalue weighted by Gasteiger charge is -2.08. The zero-order chi connectivity index (χ0) is 15.6. The van der Waals surface area contributed by atoms with Crippen molar-refractivity contribution in [3.05, 3.63) is 0 Å². The first-order valence-electron chi connectivity index (χ1n) is 9.87. The van der Waals surface area contributed by atoms with Gasteiger partial charge >= 0.3 is 19.3 Å². The third kappa shape index (κ3) is 19.0. The van der Waals surface area contributed by atoms with Gasteiger partial charge in [-0.15, -0.1) is 4.55 Å². The second kappa shape index (κ2) is 19.1. The minimum absolute atomic E-state index is 0.226. The summed E-state index contributed by atoms with van der Waals surface area (Å²) >= 11 is -0.226. The SMILES string of the molecule is CCCCCCCCCCCCCCCCC(C)[CH2][Mg][Cl]. The van der Waals surface area contributed by atoms with E-state index in [1.54, 1.807) is 0 Å². The molecule has 21 heavy (non-hydrogen) atoms. The van der Waals surface area contributed by atoms with Crippen molar-refractivity contribution >= 4 is 28.3 Å². The third-order valence-electron chi connectivity index (χ3n) is 4.65. The largest absolute Gasteiger partial charge is 0.501 e. The molecule has 0 fully saturated rings. The molecule has 1 unspecified atom stereocenters. The second-order valence-electron chi connectivity index (χ2n) is 6.97. The van der Waals surface area contributed by atoms with Crippen LogP contribution in [0.25, 0.3) is 0 Å². The highest BCUT2D eigenvalue weighted by Gasteiger charge is 2.02. The summed E-state index contributed by atoms with van der Waals surface area (Å²) in [5, 5.41) is 0. The summed E-state index contributed by atoms with van der Waals surface area (Å²) in [6.45, 7) is 4.67. The van der Waals surface area contributed by atoms with E-state index in [4.69, 9.17) is 9.07 Å². The topological polar surface area (TPSA) is 0 Å². The van der Waals surface area contributed by atoms with Crippen molar-refractivity contribution in [2.75, 3.05) is 0 Å². The number of hydrogen-bond acceptors (Lipinski definition) is 0. The normalized spacial score (nSPS) is 12.3. The van der Waals surface area contributed by atoms with Gasteiger partial charge < -0.3 is 9.07 Å². The maximum Gasteiger partial charge on any atom is 0.501 e. The quantitative estimate of drug-likeness (QED) is 0.189. The van der Waals surface area contributed by atoms with Crippen LogP contribution >= 0.6 is 9.07 Å². The monoisotopic (exact) mass is 326 g/mol. The Morgan fingerprint density at radius 1 is 0.667 bits per heavy atom. The standard InChI is InChI=1S/C19H39.ClH.Mg/c1-4-5-6-7-8-9-10-11-12-13-14-15-16-17-18-19(2)3;;/h19H,2,4-18H2,1,3H3;1H;/q;;+1/p-1. The highest BCUT2D eigenvalue weighted by molar-refractivity contribution is 6.93. The molecule has 0 rings (SSSR count). The van der Waals surface area contributed by atoms with Crippen LogP contribution < -0.4 is 0 Å². The van der Waals surface area contributed by atoms with E-state index in [1.807, 2.05) is 0 Å². The van der Waals surface area contributed by atoms with Gasteiger partial charge in [0.25, 0.3) is 0 Å². The molecule has 0 heterocycles. The minimum atomic E-state index is -0.226. The van der Waals surface area contributed by atoms with Gasteiger partial charge in [-0.25, -0.2) is 0 Å². The highest BCUT2D eigenvalue weighted by Crippen LogP contribution is 2.16. The van der Waals surface area contributed by atoms with Gasteiger partial charge in [0.2, 0.25) is 0 Å². The second-order valence-corrected chi connectivity index (χ2v) is 9.06. The lowest BCUT2D eigenvalue weighted by atomic mass is 10.0. The van der Waals surface area contributed by atoms with Crippen LogP contribution in [-0.2, 0) is 0 Å². The zero-order valence-corrected chi connectivity index (χ0v) is 17.1. The zero-order valence-electron chi connectivity index (χ0n) is 15.0. The molecule has 0 aromatic carbocycles. The molecule has 0 nitrogen and oxygen atoms in total. The van der Waals surface area contributed by atoms with Crippen LogP contribution in [0, 0.1) is 5.92 Å². The van der Waals surface area contributed by atoms with Gasteiger partial charge in [-0.3, -0.25) is 0 Å². The molecule has 0 N–H and O–H groups in total. The lowest BCUT2D eigenvalue weighted by molar-refractivity contribution is 0.502. The van der Waals surface area contributed by atoms with E-state index < -0.39 is 0 Å². The van der Waals surface area contributed by atoms with E-state index >= 15 is 0 Å². The molecule has 2 heteroatoms. The molecule has 0 radical (unpaired) electrons. The summed E-state index contributed by atoms with van der Waals surface area (Å²) < 4.78 is 1.33. The van der Waals surface area contributed by atoms with E-state index in [2.05, 4.69) is 13.8 Å². The first-order chi connectivity index (χ1) is 10.3. The molecule has 0 aliphatic rings. The molecule has 0 aromatic rings. The maximum absolute atomic E-state index is 5.90. The van der Waals surface area contributed by atoms with Crippen LogP contribution in [0.2, 0.25) is 4.55 Å².